The Morgan fingerprint density at radius 3 is 2.64 bits per heavy atom. The summed E-state index contributed by atoms with van der Waals surface area (Å²) in [5.41, 5.74) is 4.66. The molecule has 1 heterocycles. The second-order valence-electron chi connectivity index (χ2n) is 6.81. The maximum absolute atomic E-state index is 6.11. The van der Waals surface area contributed by atoms with Crippen LogP contribution in [0, 0.1) is 13.8 Å². The van der Waals surface area contributed by atoms with Crippen LogP contribution in [0.5, 0.6) is 5.75 Å². The molecule has 25 heavy (non-hydrogen) atoms. The first-order valence-corrected chi connectivity index (χ1v) is 8.84. The molecule has 3 aromatic rings. The van der Waals surface area contributed by atoms with E-state index in [1.165, 1.54) is 16.6 Å². The van der Waals surface area contributed by atoms with E-state index in [2.05, 4.69) is 61.7 Å². The SMILES string of the molecule is Cc1cccc(OCc2nc3ccccc3n2CCCN(C)C)c1C. The van der Waals surface area contributed by atoms with Gasteiger partial charge in [-0.05, 0) is 70.2 Å². The predicted octanol–water partition coefficient (Wildman–Crippen LogP) is 4.18. The highest BCUT2D eigenvalue weighted by Crippen LogP contribution is 2.23. The van der Waals surface area contributed by atoms with Crippen LogP contribution in [0.2, 0.25) is 0 Å². The van der Waals surface area contributed by atoms with E-state index in [9.17, 15) is 0 Å². The fraction of sp³-hybridized carbons (Fsp3) is 0.381. The van der Waals surface area contributed by atoms with Crippen LogP contribution < -0.4 is 4.74 Å². The van der Waals surface area contributed by atoms with Gasteiger partial charge in [0.1, 0.15) is 18.2 Å². The van der Waals surface area contributed by atoms with Gasteiger partial charge >= 0.3 is 0 Å². The number of ether oxygens (including phenoxy) is 1. The summed E-state index contributed by atoms with van der Waals surface area (Å²) >= 11 is 0. The van der Waals surface area contributed by atoms with Crippen molar-refractivity contribution in [1.29, 1.82) is 0 Å². The van der Waals surface area contributed by atoms with Crippen LogP contribution in [0.4, 0.5) is 0 Å². The summed E-state index contributed by atoms with van der Waals surface area (Å²) in [5.74, 6) is 1.92. The quantitative estimate of drug-likeness (QED) is 0.648. The lowest BCUT2D eigenvalue weighted by molar-refractivity contribution is 0.286. The standard InChI is InChI=1S/C21H27N3O/c1-16-9-7-12-20(17(16)2)25-15-21-22-18-10-5-6-11-19(18)24(21)14-8-13-23(3)4/h5-7,9-12H,8,13-15H2,1-4H3. The molecule has 0 saturated heterocycles. The molecule has 0 aliphatic carbocycles. The lowest BCUT2D eigenvalue weighted by atomic mass is 10.1. The van der Waals surface area contributed by atoms with Crippen LogP contribution in [0.25, 0.3) is 11.0 Å². The van der Waals surface area contributed by atoms with Crippen LogP contribution in [-0.4, -0.2) is 35.1 Å². The van der Waals surface area contributed by atoms with Crippen molar-refractivity contribution in [1.82, 2.24) is 14.5 Å². The van der Waals surface area contributed by atoms with Gasteiger partial charge in [-0.2, -0.15) is 0 Å². The minimum atomic E-state index is 0.487. The molecular formula is C21H27N3O. The van der Waals surface area contributed by atoms with Crippen molar-refractivity contribution in [3.63, 3.8) is 0 Å². The lowest BCUT2D eigenvalue weighted by Gasteiger charge is -2.14. The Balaban J connectivity index is 1.83. The van der Waals surface area contributed by atoms with Crippen LogP contribution in [-0.2, 0) is 13.2 Å². The van der Waals surface area contributed by atoms with Gasteiger partial charge in [-0.3, -0.25) is 0 Å². The fourth-order valence-corrected chi connectivity index (χ4v) is 3.05. The fourth-order valence-electron chi connectivity index (χ4n) is 3.05. The third-order valence-electron chi connectivity index (χ3n) is 4.63. The second kappa shape index (κ2) is 7.70. The topological polar surface area (TPSA) is 30.3 Å². The lowest BCUT2D eigenvalue weighted by Crippen LogP contribution is -2.16. The molecular weight excluding hydrogens is 310 g/mol. The van der Waals surface area contributed by atoms with E-state index < -0.39 is 0 Å². The van der Waals surface area contributed by atoms with Crippen molar-refractivity contribution in [2.45, 2.75) is 33.4 Å². The Kier molecular flexibility index (Phi) is 5.39. The average Bonchev–Trinajstić information content (AvgIpc) is 2.94. The minimum absolute atomic E-state index is 0.487. The molecule has 0 amide bonds. The summed E-state index contributed by atoms with van der Waals surface area (Å²) in [6.45, 7) is 6.71. The second-order valence-corrected chi connectivity index (χ2v) is 6.81. The van der Waals surface area contributed by atoms with Crippen molar-refractivity contribution < 1.29 is 4.74 Å². The maximum Gasteiger partial charge on any atom is 0.147 e. The van der Waals surface area contributed by atoms with E-state index in [1.807, 2.05) is 18.2 Å². The molecule has 1 aromatic heterocycles. The molecule has 2 aromatic carbocycles. The van der Waals surface area contributed by atoms with Gasteiger partial charge in [0.25, 0.3) is 0 Å². The first kappa shape index (κ1) is 17.5. The zero-order valence-electron chi connectivity index (χ0n) is 15.6. The third kappa shape index (κ3) is 4.02. The zero-order chi connectivity index (χ0) is 17.8. The molecule has 0 bridgehead atoms. The van der Waals surface area contributed by atoms with E-state index in [4.69, 9.17) is 9.72 Å². The molecule has 0 aliphatic heterocycles. The predicted molar refractivity (Wildman–Crippen MR) is 103 cm³/mol. The minimum Gasteiger partial charge on any atom is -0.485 e. The number of nitrogens with zero attached hydrogens (tertiary/aromatic N) is 3. The van der Waals surface area contributed by atoms with Gasteiger partial charge in [0.15, 0.2) is 0 Å². The third-order valence-corrected chi connectivity index (χ3v) is 4.63. The Morgan fingerprint density at radius 2 is 1.84 bits per heavy atom. The summed E-state index contributed by atoms with van der Waals surface area (Å²) in [6, 6.07) is 14.5. The molecule has 0 unspecified atom stereocenters. The van der Waals surface area contributed by atoms with Crippen molar-refractivity contribution in [3.8, 4) is 5.75 Å². The Hall–Kier alpha value is -2.33. The average molecular weight is 337 g/mol. The van der Waals surface area contributed by atoms with E-state index in [0.29, 0.717) is 6.61 Å². The van der Waals surface area contributed by atoms with Gasteiger partial charge in [0.05, 0.1) is 11.0 Å². The molecule has 0 atom stereocenters. The van der Waals surface area contributed by atoms with E-state index in [1.54, 1.807) is 0 Å². The first-order chi connectivity index (χ1) is 12.1. The van der Waals surface area contributed by atoms with E-state index in [0.717, 1.165) is 36.6 Å². The molecule has 0 saturated carbocycles. The number of hydrogen-bond acceptors (Lipinski definition) is 3. The van der Waals surface area contributed by atoms with Crippen LogP contribution >= 0.6 is 0 Å². The molecule has 0 aliphatic rings. The number of imidazole rings is 1. The summed E-state index contributed by atoms with van der Waals surface area (Å²) in [6.07, 6.45) is 1.09. The van der Waals surface area contributed by atoms with Gasteiger partial charge in [-0.25, -0.2) is 4.98 Å². The maximum atomic E-state index is 6.11. The molecule has 132 valence electrons. The molecule has 4 nitrogen and oxygen atoms in total. The Bertz CT molecular complexity index is 851. The number of benzene rings is 2. The monoisotopic (exact) mass is 337 g/mol. The van der Waals surface area contributed by atoms with Crippen LogP contribution in [0.3, 0.4) is 0 Å². The Morgan fingerprint density at radius 1 is 1.04 bits per heavy atom. The summed E-state index contributed by atoms with van der Waals surface area (Å²) in [7, 11) is 4.22. The molecule has 0 fully saturated rings. The number of aryl methyl sites for hydroxylation is 2. The highest BCUT2D eigenvalue weighted by Gasteiger charge is 2.12. The summed E-state index contributed by atoms with van der Waals surface area (Å²) in [4.78, 5) is 7.02. The smallest absolute Gasteiger partial charge is 0.147 e. The summed E-state index contributed by atoms with van der Waals surface area (Å²) in [5, 5.41) is 0. The normalized spacial score (nSPS) is 11.4. The van der Waals surface area contributed by atoms with Crippen molar-refractivity contribution in [3.05, 3.63) is 59.4 Å². The highest BCUT2D eigenvalue weighted by molar-refractivity contribution is 5.75. The largest absolute Gasteiger partial charge is 0.485 e. The molecule has 3 rings (SSSR count). The van der Waals surface area contributed by atoms with E-state index in [-0.39, 0.29) is 0 Å². The van der Waals surface area contributed by atoms with Crippen molar-refractivity contribution in [2.24, 2.45) is 0 Å². The van der Waals surface area contributed by atoms with Crippen molar-refractivity contribution >= 4 is 11.0 Å². The van der Waals surface area contributed by atoms with Gasteiger partial charge in [0, 0.05) is 6.54 Å². The van der Waals surface area contributed by atoms with Crippen LogP contribution in [0.1, 0.15) is 23.4 Å². The number of fused-ring (bicyclic) bond motifs is 1. The number of rotatable bonds is 7. The first-order valence-electron chi connectivity index (χ1n) is 8.84. The number of aromatic nitrogens is 2. The number of para-hydroxylation sites is 2. The molecule has 4 heteroatoms. The number of hydrogen-bond donors (Lipinski definition) is 0. The highest BCUT2D eigenvalue weighted by atomic mass is 16.5. The summed E-state index contributed by atoms with van der Waals surface area (Å²) < 4.78 is 8.40. The van der Waals surface area contributed by atoms with Crippen molar-refractivity contribution in [2.75, 3.05) is 20.6 Å². The van der Waals surface area contributed by atoms with E-state index >= 15 is 0 Å². The van der Waals surface area contributed by atoms with Gasteiger partial charge in [-0.1, -0.05) is 24.3 Å². The van der Waals surface area contributed by atoms with Gasteiger partial charge < -0.3 is 14.2 Å². The molecule has 0 radical (unpaired) electrons. The van der Waals surface area contributed by atoms with Gasteiger partial charge in [0.2, 0.25) is 0 Å². The molecule has 0 spiro atoms. The Labute approximate surface area is 150 Å². The van der Waals surface area contributed by atoms with Gasteiger partial charge in [-0.15, -0.1) is 0 Å². The van der Waals surface area contributed by atoms with Crippen LogP contribution in [0.15, 0.2) is 42.5 Å². The molecule has 0 N–H and O–H groups in total. The zero-order valence-corrected chi connectivity index (χ0v) is 15.6.